The van der Waals surface area contributed by atoms with Crippen molar-refractivity contribution in [2.24, 2.45) is 5.92 Å². The van der Waals surface area contributed by atoms with Crippen LogP contribution in [0.3, 0.4) is 0 Å². The van der Waals surface area contributed by atoms with E-state index >= 15 is 0 Å². The number of rotatable bonds is 5. The maximum atomic E-state index is 9.50. The van der Waals surface area contributed by atoms with Gasteiger partial charge in [-0.25, -0.2) is 9.97 Å². The number of aliphatic hydroxyl groups is 1. The summed E-state index contributed by atoms with van der Waals surface area (Å²) >= 11 is 0. The van der Waals surface area contributed by atoms with E-state index in [4.69, 9.17) is 0 Å². The van der Waals surface area contributed by atoms with Gasteiger partial charge in [-0.3, -0.25) is 4.90 Å². The van der Waals surface area contributed by atoms with Gasteiger partial charge < -0.3 is 19.8 Å². The molecule has 0 aliphatic carbocycles. The van der Waals surface area contributed by atoms with E-state index in [1.165, 1.54) is 32.4 Å². The fourth-order valence-electron chi connectivity index (χ4n) is 4.94. The Labute approximate surface area is 169 Å². The second-order valence-corrected chi connectivity index (χ2v) is 8.79. The number of piperidine rings is 2. The molecule has 0 saturated carbocycles. The van der Waals surface area contributed by atoms with Gasteiger partial charge in [0, 0.05) is 64.5 Å². The van der Waals surface area contributed by atoms with Crippen molar-refractivity contribution >= 4 is 11.6 Å². The number of hydrogen-bond donors (Lipinski definition) is 1. The summed E-state index contributed by atoms with van der Waals surface area (Å²) in [5.41, 5.74) is 0. The van der Waals surface area contributed by atoms with Crippen LogP contribution in [0.4, 0.5) is 11.6 Å². The Balaban J connectivity index is 1.32. The van der Waals surface area contributed by atoms with Crippen LogP contribution in [0.5, 0.6) is 0 Å². The fourth-order valence-corrected chi connectivity index (χ4v) is 4.94. The highest BCUT2D eigenvalue weighted by Gasteiger charge is 2.25. The standard InChI is InChI=1S/C21H36N6O/c1-24-7-3-2-6-19(24)15-25-9-11-26(12-10-25)20-13-21(23-17-22-20)27-8-4-5-18(14-27)16-28/h13,17-19,28H,2-12,14-16H2,1H3/t18-,19+/m1/s1. The highest BCUT2D eigenvalue weighted by atomic mass is 16.3. The van der Waals surface area contributed by atoms with E-state index in [9.17, 15) is 5.11 Å². The maximum absolute atomic E-state index is 9.50. The van der Waals surface area contributed by atoms with Crippen molar-refractivity contribution in [3.05, 3.63) is 12.4 Å². The van der Waals surface area contributed by atoms with Gasteiger partial charge in [0.2, 0.25) is 0 Å². The van der Waals surface area contributed by atoms with E-state index in [1.807, 2.05) is 0 Å². The zero-order valence-corrected chi connectivity index (χ0v) is 17.3. The number of hydrogen-bond acceptors (Lipinski definition) is 7. The quantitative estimate of drug-likeness (QED) is 0.816. The third kappa shape index (κ3) is 4.75. The second kappa shape index (κ2) is 9.37. The summed E-state index contributed by atoms with van der Waals surface area (Å²) < 4.78 is 0. The first kappa shape index (κ1) is 19.9. The summed E-state index contributed by atoms with van der Waals surface area (Å²) in [5.74, 6) is 2.42. The topological polar surface area (TPSA) is 59.0 Å². The molecule has 0 spiro atoms. The van der Waals surface area contributed by atoms with Crippen LogP contribution in [0.2, 0.25) is 0 Å². The Kier molecular flexibility index (Phi) is 6.65. The molecule has 0 radical (unpaired) electrons. The van der Waals surface area contributed by atoms with Gasteiger partial charge in [-0.05, 0) is 45.2 Å². The van der Waals surface area contributed by atoms with Crippen LogP contribution < -0.4 is 9.80 Å². The summed E-state index contributed by atoms with van der Waals surface area (Å²) in [7, 11) is 2.28. The van der Waals surface area contributed by atoms with Gasteiger partial charge >= 0.3 is 0 Å². The number of nitrogens with zero attached hydrogens (tertiary/aromatic N) is 6. The SMILES string of the molecule is CN1CCCC[C@H]1CN1CCN(c2cc(N3CCC[C@@H](CO)C3)ncn2)CC1. The molecule has 3 aliphatic rings. The predicted molar refractivity (Wildman–Crippen MR) is 113 cm³/mol. The lowest BCUT2D eigenvalue weighted by Crippen LogP contribution is -2.52. The number of anilines is 2. The highest BCUT2D eigenvalue weighted by Crippen LogP contribution is 2.24. The molecule has 0 aromatic carbocycles. The summed E-state index contributed by atoms with van der Waals surface area (Å²) in [5, 5.41) is 9.50. The number of aliphatic hydroxyl groups excluding tert-OH is 1. The molecule has 3 fully saturated rings. The monoisotopic (exact) mass is 388 g/mol. The Hall–Kier alpha value is -1.44. The molecule has 7 nitrogen and oxygen atoms in total. The molecule has 3 saturated heterocycles. The lowest BCUT2D eigenvalue weighted by molar-refractivity contribution is 0.124. The normalized spacial score (nSPS) is 27.9. The minimum atomic E-state index is 0.270. The highest BCUT2D eigenvalue weighted by molar-refractivity contribution is 5.50. The van der Waals surface area contributed by atoms with Crippen molar-refractivity contribution < 1.29 is 5.11 Å². The maximum Gasteiger partial charge on any atom is 0.134 e. The van der Waals surface area contributed by atoms with E-state index in [0.717, 1.165) is 69.8 Å². The zero-order valence-electron chi connectivity index (χ0n) is 17.3. The molecule has 3 aliphatic heterocycles. The average molecular weight is 389 g/mol. The van der Waals surface area contributed by atoms with Crippen molar-refractivity contribution in [1.29, 1.82) is 0 Å². The molecular weight excluding hydrogens is 352 g/mol. The molecule has 1 aromatic heterocycles. The summed E-state index contributed by atoms with van der Waals surface area (Å²) in [6.45, 7) is 8.94. The summed E-state index contributed by atoms with van der Waals surface area (Å²) in [4.78, 5) is 19.0. The largest absolute Gasteiger partial charge is 0.396 e. The van der Waals surface area contributed by atoms with Gasteiger partial charge in [0.25, 0.3) is 0 Å². The van der Waals surface area contributed by atoms with E-state index in [0.29, 0.717) is 5.92 Å². The van der Waals surface area contributed by atoms with E-state index in [2.05, 4.69) is 42.7 Å². The van der Waals surface area contributed by atoms with Crippen molar-refractivity contribution in [2.75, 3.05) is 75.8 Å². The van der Waals surface area contributed by atoms with Crippen molar-refractivity contribution in [3.63, 3.8) is 0 Å². The van der Waals surface area contributed by atoms with Crippen LogP contribution in [-0.4, -0.2) is 96.9 Å². The Bertz CT molecular complexity index is 621. The molecule has 0 bridgehead atoms. The van der Waals surface area contributed by atoms with Gasteiger partial charge in [-0.1, -0.05) is 6.42 Å². The van der Waals surface area contributed by atoms with Crippen LogP contribution in [0.1, 0.15) is 32.1 Å². The molecule has 7 heteroatoms. The second-order valence-electron chi connectivity index (χ2n) is 8.79. The Morgan fingerprint density at radius 2 is 1.71 bits per heavy atom. The van der Waals surface area contributed by atoms with Gasteiger partial charge in [0.15, 0.2) is 0 Å². The zero-order chi connectivity index (χ0) is 19.3. The lowest BCUT2D eigenvalue weighted by atomic mass is 9.99. The number of likely N-dealkylation sites (tertiary alicyclic amines) is 1. The van der Waals surface area contributed by atoms with Crippen molar-refractivity contribution in [2.45, 2.75) is 38.1 Å². The molecule has 0 amide bonds. The molecule has 1 aromatic rings. The molecule has 156 valence electrons. The minimum Gasteiger partial charge on any atom is -0.396 e. The van der Waals surface area contributed by atoms with Crippen molar-refractivity contribution in [1.82, 2.24) is 19.8 Å². The van der Waals surface area contributed by atoms with Crippen LogP contribution in [-0.2, 0) is 0 Å². The Morgan fingerprint density at radius 1 is 0.929 bits per heavy atom. The molecule has 28 heavy (non-hydrogen) atoms. The Morgan fingerprint density at radius 3 is 2.46 bits per heavy atom. The first-order chi connectivity index (χ1) is 13.7. The van der Waals surface area contributed by atoms with Gasteiger partial charge in [-0.15, -0.1) is 0 Å². The summed E-state index contributed by atoms with van der Waals surface area (Å²) in [6, 6.07) is 2.87. The third-order valence-corrected chi connectivity index (χ3v) is 6.83. The number of piperazine rings is 1. The number of aromatic nitrogens is 2. The summed E-state index contributed by atoms with van der Waals surface area (Å²) in [6.07, 6.45) is 8.02. The molecule has 4 rings (SSSR count). The van der Waals surface area contributed by atoms with E-state index in [1.54, 1.807) is 6.33 Å². The van der Waals surface area contributed by atoms with Crippen molar-refractivity contribution in [3.8, 4) is 0 Å². The third-order valence-electron chi connectivity index (χ3n) is 6.83. The van der Waals surface area contributed by atoms with Gasteiger partial charge in [0.05, 0.1) is 0 Å². The smallest absolute Gasteiger partial charge is 0.134 e. The van der Waals surface area contributed by atoms with Gasteiger partial charge in [-0.2, -0.15) is 0 Å². The van der Waals surface area contributed by atoms with Crippen LogP contribution in [0.15, 0.2) is 12.4 Å². The predicted octanol–water partition coefficient (Wildman–Crippen LogP) is 1.29. The molecule has 0 unspecified atom stereocenters. The van der Waals surface area contributed by atoms with E-state index < -0.39 is 0 Å². The van der Waals surface area contributed by atoms with Gasteiger partial charge in [0.1, 0.15) is 18.0 Å². The molecule has 2 atom stereocenters. The first-order valence-electron chi connectivity index (χ1n) is 11.1. The molecule has 4 heterocycles. The average Bonchev–Trinajstić information content (AvgIpc) is 2.76. The lowest BCUT2D eigenvalue weighted by Gasteiger charge is -2.40. The fraction of sp³-hybridized carbons (Fsp3) is 0.810. The molecular formula is C21H36N6O. The minimum absolute atomic E-state index is 0.270. The van der Waals surface area contributed by atoms with Crippen LogP contribution in [0.25, 0.3) is 0 Å². The van der Waals surface area contributed by atoms with E-state index in [-0.39, 0.29) is 6.61 Å². The first-order valence-corrected chi connectivity index (χ1v) is 11.1. The van der Waals surface area contributed by atoms with Crippen LogP contribution in [0, 0.1) is 5.92 Å². The van der Waals surface area contributed by atoms with Crippen LogP contribution >= 0.6 is 0 Å². The number of likely N-dealkylation sites (N-methyl/N-ethyl adjacent to an activating group) is 1. The molecule has 1 N–H and O–H groups in total.